The van der Waals surface area contributed by atoms with Crippen LogP contribution in [0.4, 0.5) is 0 Å². The van der Waals surface area contributed by atoms with Crippen molar-refractivity contribution < 1.29 is 14.3 Å². The molecule has 3 rings (SSSR count). The number of amides is 1. The fourth-order valence-corrected chi connectivity index (χ4v) is 3.08. The van der Waals surface area contributed by atoms with Gasteiger partial charge in [-0.1, -0.05) is 0 Å². The summed E-state index contributed by atoms with van der Waals surface area (Å²) in [6.07, 6.45) is 1.48. The van der Waals surface area contributed by atoms with Crippen molar-refractivity contribution in [1.82, 2.24) is 5.32 Å². The maximum atomic E-state index is 12.3. The topological polar surface area (TPSA) is 86.3 Å². The van der Waals surface area contributed by atoms with Crippen LogP contribution in [0.1, 0.15) is 27.2 Å². The molecule has 0 spiro atoms. The van der Waals surface area contributed by atoms with E-state index in [4.69, 9.17) is 9.68 Å². The molecule has 5 nitrogen and oxygen atoms in total. The van der Waals surface area contributed by atoms with Crippen molar-refractivity contribution in [2.45, 2.75) is 5.60 Å². The van der Waals surface area contributed by atoms with Crippen molar-refractivity contribution in [3.05, 3.63) is 81.9 Å². The van der Waals surface area contributed by atoms with E-state index in [9.17, 15) is 9.90 Å². The first kappa shape index (κ1) is 16.0. The minimum absolute atomic E-state index is 0.0317. The predicted octanol–water partition coefficient (Wildman–Crippen LogP) is 2.88. The molecule has 2 heterocycles. The highest BCUT2D eigenvalue weighted by Gasteiger charge is 2.35. The van der Waals surface area contributed by atoms with Crippen molar-refractivity contribution in [2.75, 3.05) is 6.54 Å². The van der Waals surface area contributed by atoms with E-state index in [1.807, 2.05) is 16.8 Å². The van der Waals surface area contributed by atoms with Gasteiger partial charge in [0.2, 0.25) is 0 Å². The average Bonchev–Trinajstić information content (AvgIpc) is 3.33. The Balaban J connectivity index is 1.79. The number of thiophene rings is 1. The molecule has 1 atom stereocenters. The standard InChI is InChI=1S/C18H14N2O3S/c19-10-13-3-5-14(6-4-13)17(21)20-12-18(22,15-7-9-24-11-15)16-2-1-8-23-16/h1-9,11,22H,12H2,(H,20,21)/t18-/m1/s1. The number of furan rings is 1. The summed E-state index contributed by atoms with van der Waals surface area (Å²) in [6.45, 7) is -0.0317. The molecule has 2 N–H and O–H groups in total. The summed E-state index contributed by atoms with van der Waals surface area (Å²) >= 11 is 1.45. The molecule has 0 saturated heterocycles. The fourth-order valence-electron chi connectivity index (χ4n) is 2.35. The first-order valence-electron chi connectivity index (χ1n) is 7.21. The molecule has 120 valence electrons. The van der Waals surface area contributed by atoms with E-state index in [0.29, 0.717) is 22.5 Å². The zero-order valence-corrected chi connectivity index (χ0v) is 13.4. The van der Waals surface area contributed by atoms with Gasteiger partial charge in [0.05, 0.1) is 24.4 Å². The molecular weight excluding hydrogens is 324 g/mol. The average molecular weight is 338 g/mol. The van der Waals surface area contributed by atoms with Crippen molar-refractivity contribution in [3.8, 4) is 6.07 Å². The quantitative estimate of drug-likeness (QED) is 0.749. The Morgan fingerprint density at radius 2 is 2.08 bits per heavy atom. The van der Waals surface area contributed by atoms with Crippen molar-refractivity contribution in [1.29, 1.82) is 5.26 Å². The Morgan fingerprint density at radius 3 is 2.67 bits per heavy atom. The number of aliphatic hydroxyl groups is 1. The molecule has 3 aromatic rings. The van der Waals surface area contributed by atoms with Crippen LogP contribution in [0.3, 0.4) is 0 Å². The number of nitrogens with zero attached hydrogens (tertiary/aromatic N) is 1. The van der Waals surface area contributed by atoms with Gasteiger partial charge in [-0.15, -0.1) is 0 Å². The van der Waals surface area contributed by atoms with E-state index in [-0.39, 0.29) is 12.5 Å². The minimum atomic E-state index is -1.44. The second-order valence-corrected chi connectivity index (χ2v) is 6.00. The second kappa shape index (κ2) is 6.71. The van der Waals surface area contributed by atoms with Crippen LogP contribution >= 0.6 is 11.3 Å². The first-order chi connectivity index (χ1) is 11.6. The lowest BCUT2D eigenvalue weighted by atomic mass is 9.93. The van der Waals surface area contributed by atoms with Crippen LogP contribution in [0, 0.1) is 11.3 Å². The Hall–Kier alpha value is -2.88. The maximum absolute atomic E-state index is 12.3. The highest BCUT2D eigenvalue weighted by molar-refractivity contribution is 7.08. The molecule has 2 aromatic heterocycles. The van der Waals surface area contributed by atoms with Crippen LogP contribution in [0.15, 0.2) is 63.9 Å². The van der Waals surface area contributed by atoms with Gasteiger partial charge in [0, 0.05) is 11.1 Å². The molecule has 0 radical (unpaired) electrons. The van der Waals surface area contributed by atoms with Crippen molar-refractivity contribution >= 4 is 17.2 Å². The fraction of sp³-hybridized carbons (Fsp3) is 0.111. The number of benzene rings is 1. The molecule has 0 aliphatic rings. The zero-order valence-electron chi connectivity index (χ0n) is 12.6. The first-order valence-corrected chi connectivity index (χ1v) is 8.15. The van der Waals surface area contributed by atoms with Gasteiger partial charge in [0.15, 0.2) is 5.60 Å². The summed E-state index contributed by atoms with van der Waals surface area (Å²) in [6, 6.07) is 13.5. The van der Waals surface area contributed by atoms with Gasteiger partial charge in [-0.3, -0.25) is 4.79 Å². The van der Waals surface area contributed by atoms with Gasteiger partial charge in [0.1, 0.15) is 5.76 Å². The number of nitrogens with one attached hydrogen (secondary N) is 1. The monoisotopic (exact) mass is 338 g/mol. The summed E-state index contributed by atoms with van der Waals surface area (Å²) in [7, 11) is 0. The normalized spacial score (nSPS) is 13.0. The summed E-state index contributed by atoms with van der Waals surface area (Å²) in [5.41, 5.74) is 0.117. The molecule has 0 aliphatic heterocycles. The van der Waals surface area contributed by atoms with Crippen LogP contribution in [0.5, 0.6) is 0 Å². The van der Waals surface area contributed by atoms with Gasteiger partial charge < -0.3 is 14.8 Å². The second-order valence-electron chi connectivity index (χ2n) is 5.22. The number of hydrogen-bond acceptors (Lipinski definition) is 5. The van der Waals surface area contributed by atoms with Crippen molar-refractivity contribution in [2.24, 2.45) is 0 Å². The minimum Gasteiger partial charge on any atom is -0.466 e. The molecule has 1 aromatic carbocycles. The van der Waals surface area contributed by atoms with E-state index in [1.54, 1.807) is 42.5 Å². The largest absolute Gasteiger partial charge is 0.466 e. The maximum Gasteiger partial charge on any atom is 0.251 e. The third-order valence-electron chi connectivity index (χ3n) is 3.71. The summed E-state index contributed by atoms with van der Waals surface area (Å²) in [5.74, 6) is 0.0285. The molecular formula is C18H14N2O3S. The number of nitriles is 1. The number of rotatable bonds is 5. The van der Waals surface area contributed by atoms with Gasteiger partial charge in [-0.05, 0) is 53.2 Å². The molecule has 0 bridgehead atoms. The van der Waals surface area contributed by atoms with Crippen LogP contribution in [-0.4, -0.2) is 17.6 Å². The van der Waals surface area contributed by atoms with E-state index >= 15 is 0 Å². The molecule has 0 fully saturated rings. The number of hydrogen-bond donors (Lipinski definition) is 2. The highest BCUT2D eigenvalue weighted by Crippen LogP contribution is 2.31. The third kappa shape index (κ3) is 3.08. The summed E-state index contributed by atoms with van der Waals surface area (Å²) in [5, 5.41) is 26.3. The zero-order chi connectivity index (χ0) is 17.0. The van der Waals surface area contributed by atoms with Gasteiger partial charge in [-0.2, -0.15) is 16.6 Å². The molecule has 0 saturated carbocycles. The van der Waals surface area contributed by atoms with Crippen molar-refractivity contribution in [3.63, 3.8) is 0 Å². The van der Waals surface area contributed by atoms with E-state index < -0.39 is 5.60 Å². The molecule has 6 heteroatoms. The van der Waals surface area contributed by atoms with Gasteiger partial charge >= 0.3 is 0 Å². The van der Waals surface area contributed by atoms with Crippen LogP contribution in [-0.2, 0) is 5.60 Å². The van der Waals surface area contributed by atoms with E-state index in [2.05, 4.69) is 5.32 Å². The van der Waals surface area contributed by atoms with Crippen LogP contribution in [0.2, 0.25) is 0 Å². The lowest BCUT2D eigenvalue weighted by Gasteiger charge is -2.25. The molecule has 1 amide bonds. The summed E-state index contributed by atoms with van der Waals surface area (Å²) in [4.78, 5) is 12.3. The number of carbonyl (C=O) groups is 1. The predicted molar refractivity (Wildman–Crippen MR) is 89.5 cm³/mol. The number of carbonyl (C=O) groups excluding carboxylic acids is 1. The van der Waals surface area contributed by atoms with E-state index in [0.717, 1.165) is 0 Å². The molecule has 0 unspecified atom stereocenters. The highest BCUT2D eigenvalue weighted by atomic mass is 32.1. The van der Waals surface area contributed by atoms with Gasteiger partial charge in [-0.25, -0.2) is 0 Å². The van der Waals surface area contributed by atoms with Gasteiger partial charge in [0.25, 0.3) is 5.91 Å². The SMILES string of the molecule is N#Cc1ccc(C(=O)NC[C@@](O)(c2ccsc2)c2ccco2)cc1. The molecule has 0 aliphatic carbocycles. The smallest absolute Gasteiger partial charge is 0.251 e. The Kier molecular flexibility index (Phi) is 4.47. The Bertz CT molecular complexity index is 813. The third-order valence-corrected chi connectivity index (χ3v) is 4.39. The Labute approximate surface area is 142 Å². The lowest BCUT2D eigenvalue weighted by molar-refractivity contribution is 0.0528. The Morgan fingerprint density at radius 1 is 1.29 bits per heavy atom. The summed E-state index contributed by atoms with van der Waals surface area (Å²) < 4.78 is 5.36. The lowest BCUT2D eigenvalue weighted by Crippen LogP contribution is -2.41. The van der Waals surface area contributed by atoms with Crippen LogP contribution in [0.25, 0.3) is 0 Å². The molecule has 24 heavy (non-hydrogen) atoms. The van der Waals surface area contributed by atoms with E-state index in [1.165, 1.54) is 17.6 Å². The van der Waals surface area contributed by atoms with Crippen LogP contribution < -0.4 is 5.32 Å².